The van der Waals surface area contributed by atoms with E-state index in [1.54, 1.807) is 6.07 Å². The van der Waals surface area contributed by atoms with Gasteiger partial charge in [-0.3, -0.25) is 9.78 Å². The smallest absolute Gasteiger partial charge is 0.259 e. The molecule has 0 aliphatic rings. The third-order valence-corrected chi connectivity index (χ3v) is 2.77. The van der Waals surface area contributed by atoms with Gasteiger partial charge in [0.15, 0.2) is 0 Å². The van der Waals surface area contributed by atoms with E-state index in [1.807, 2.05) is 0 Å². The minimum absolute atomic E-state index is 0.0889. The molecule has 0 saturated heterocycles. The first-order chi connectivity index (χ1) is 9.65. The molecule has 2 rings (SSSR count). The lowest BCUT2D eigenvalue weighted by Crippen LogP contribution is -2.14. The van der Waals surface area contributed by atoms with Crippen LogP contribution < -0.4 is 15.8 Å². The van der Waals surface area contributed by atoms with Crippen molar-refractivity contribution in [2.45, 2.75) is 6.54 Å². The molecule has 0 bridgehead atoms. The molecule has 0 saturated carbocycles. The Morgan fingerprint density at radius 1 is 1.45 bits per heavy atom. The predicted octanol–water partition coefficient (Wildman–Crippen LogP) is 1.94. The van der Waals surface area contributed by atoms with Gasteiger partial charge in [-0.1, -0.05) is 6.07 Å². The normalized spacial score (nSPS) is 10.2. The van der Waals surface area contributed by atoms with E-state index < -0.39 is 11.7 Å². The first kappa shape index (κ1) is 14.0. The van der Waals surface area contributed by atoms with Crippen LogP contribution >= 0.6 is 0 Å². The van der Waals surface area contributed by atoms with Crippen molar-refractivity contribution in [1.82, 2.24) is 4.98 Å². The highest BCUT2D eigenvalue weighted by atomic mass is 19.1. The van der Waals surface area contributed by atoms with Crippen molar-refractivity contribution in [3.63, 3.8) is 0 Å². The number of rotatable bonds is 4. The molecule has 1 aromatic carbocycles. The first-order valence-corrected chi connectivity index (χ1v) is 5.93. The number of aromatic nitrogens is 1. The molecule has 1 amide bonds. The first-order valence-electron chi connectivity index (χ1n) is 5.93. The summed E-state index contributed by atoms with van der Waals surface area (Å²) in [7, 11) is 1.43. The van der Waals surface area contributed by atoms with Gasteiger partial charge in [-0.2, -0.15) is 0 Å². The van der Waals surface area contributed by atoms with E-state index in [1.165, 1.54) is 37.7 Å². The lowest BCUT2D eigenvalue weighted by Gasteiger charge is -2.10. The molecule has 0 aliphatic heterocycles. The van der Waals surface area contributed by atoms with Crippen LogP contribution in [-0.2, 0) is 6.54 Å². The van der Waals surface area contributed by atoms with Crippen LogP contribution in [0, 0.1) is 5.82 Å². The third-order valence-electron chi connectivity index (χ3n) is 2.77. The van der Waals surface area contributed by atoms with Crippen LogP contribution in [0.1, 0.15) is 15.9 Å². The number of nitrogens with zero attached hydrogens (tertiary/aromatic N) is 1. The maximum absolute atomic E-state index is 13.8. The van der Waals surface area contributed by atoms with Crippen LogP contribution in [0.4, 0.5) is 10.1 Å². The molecule has 0 fully saturated rings. The molecular weight excluding hydrogens is 261 g/mol. The fourth-order valence-corrected chi connectivity index (χ4v) is 1.71. The Morgan fingerprint density at radius 2 is 2.25 bits per heavy atom. The second-order valence-electron chi connectivity index (χ2n) is 4.05. The number of halogens is 1. The Balaban J connectivity index is 2.23. The largest absolute Gasteiger partial charge is 0.494 e. The topological polar surface area (TPSA) is 77.2 Å². The lowest BCUT2D eigenvalue weighted by molar-refractivity contribution is 0.102. The molecule has 20 heavy (non-hydrogen) atoms. The number of benzene rings is 1. The fourth-order valence-electron chi connectivity index (χ4n) is 1.71. The van der Waals surface area contributed by atoms with E-state index in [4.69, 9.17) is 10.5 Å². The van der Waals surface area contributed by atoms with Crippen molar-refractivity contribution < 1.29 is 13.9 Å². The van der Waals surface area contributed by atoms with Gasteiger partial charge < -0.3 is 15.8 Å². The summed E-state index contributed by atoms with van der Waals surface area (Å²) in [4.78, 5) is 15.9. The van der Waals surface area contributed by atoms with Gasteiger partial charge in [-0.25, -0.2) is 4.39 Å². The van der Waals surface area contributed by atoms with E-state index in [9.17, 15) is 9.18 Å². The molecule has 1 aromatic heterocycles. The van der Waals surface area contributed by atoms with E-state index in [-0.39, 0.29) is 17.8 Å². The summed E-state index contributed by atoms with van der Waals surface area (Å²) in [6.07, 6.45) is 2.88. The van der Waals surface area contributed by atoms with Gasteiger partial charge in [0.1, 0.15) is 11.6 Å². The summed E-state index contributed by atoms with van der Waals surface area (Å²) in [5.41, 5.74) is 6.45. The monoisotopic (exact) mass is 275 g/mol. The van der Waals surface area contributed by atoms with E-state index in [2.05, 4.69) is 10.3 Å². The van der Waals surface area contributed by atoms with Crippen LogP contribution in [0.3, 0.4) is 0 Å². The Bertz CT molecular complexity index is 632. The van der Waals surface area contributed by atoms with Crippen LogP contribution in [0.2, 0.25) is 0 Å². The number of carbonyl (C=O) groups is 1. The van der Waals surface area contributed by atoms with Gasteiger partial charge in [-0.15, -0.1) is 0 Å². The summed E-state index contributed by atoms with van der Waals surface area (Å²) in [5, 5.41) is 2.49. The van der Waals surface area contributed by atoms with Crippen LogP contribution in [0.25, 0.3) is 0 Å². The summed E-state index contributed by atoms with van der Waals surface area (Å²) in [6, 6.07) is 5.92. The molecule has 0 aliphatic carbocycles. The van der Waals surface area contributed by atoms with Gasteiger partial charge in [0.05, 0.1) is 24.6 Å². The van der Waals surface area contributed by atoms with E-state index >= 15 is 0 Å². The zero-order chi connectivity index (χ0) is 14.5. The van der Waals surface area contributed by atoms with Gasteiger partial charge in [-0.05, 0) is 23.8 Å². The van der Waals surface area contributed by atoms with Crippen molar-refractivity contribution in [1.29, 1.82) is 0 Å². The van der Waals surface area contributed by atoms with Gasteiger partial charge in [0, 0.05) is 12.7 Å². The minimum Gasteiger partial charge on any atom is -0.494 e. The molecule has 3 N–H and O–H groups in total. The zero-order valence-electron chi connectivity index (χ0n) is 10.9. The SMILES string of the molecule is COc1cnccc1C(=O)Nc1ccc(CN)cc1F. The highest BCUT2D eigenvalue weighted by Gasteiger charge is 2.14. The highest BCUT2D eigenvalue weighted by Crippen LogP contribution is 2.20. The lowest BCUT2D eigenvalue weighted by atomic mass is 10.2. The highest BCUT2D eigenvalue weighted by molar-refractivity contribution is 6.06. The quantitative estimate of drug-likeness (QED) is 0.894. The molecule has 1 heterocycles. The second-order valence-corrected chi connectivity index (χ2v) is 4.05. The molecule has 0 spiro atoms. The average molecular weight is 275 g/mol. The molecule has 0 unspecified atom stereocenters. The summed E-state index contributed by atoms with van der Waals surface area (Å²) < 4.78 is 18.8. The van der Waals surface area contributed by atoms with Crippen molar-refractivity contribution in [3.05, 3.63) is 53.6 Å². The molecule has 6 heteroatoms. The summed E-state index contributed by atoms with van der Waals surface area (Å²) in [5.74, 6) is -0.679. The van der Waals surface area contributed by atoms with Gasteiger partial charge >= 0.3 is 0 Å². The third kappa shape index (κ3) is 2.92. The number of pyridine rings is 1. The Labute approximate surface area is 115 Å². The van der Waals surface area contributed by atoms with E-state index in [0.29, 0.717) is 11.3 Å². The van der Waals surface area contributed by atoms with Crippen molar-refractivity contribution in [2.24, 2.45) is 5.73 Å². The van der Waals surface area contributed by atoms with Gasteiger partial charge in [0.2, 0.25) is 0 Å². The molecule has 2 aromatic rings. The molecular formula is C14H14FN3O2. The van der Waals surface area contributed by atoms with Gasteiger partial charge in [0.25, 0.3) is 5.91 Å². The molecule has 104 valence electrons. The number of amides is 1. The number of carbonyl (C=O) groups excluding carboxylic acids is 1. The number of nitrogens with two attached hydrogens (primary N) is 1. The number of nitrogens with one attached hydrogen (secondary N) is 1. The van der Waals surface area contributed by atoms with Crippen molar-refractivity contribution in [2.75, 3.05) is 12.4 Å². The second kappa shape index (κ2) is 6.12. The molecule has 0 radical (unpaired) electrons. The average Bonchev–Trinajstić information content (AvgIpc) is 2.49. The number of hydrogen-bond donors (Lipinski definition) is 2. The standard InChI is InChI=1S/C14H14FN3O2/c1-20-13-8-17-5-4-10(13)14(19)18-12-3-2-9(7-16)6-11(12)15/h2-6,8H,7,16H2,1H3,(H,18,19). The number of anilines is 1. The van der Waals surface area contributed by atoms with Crippen LogP contribution in [0.5, 0.6) is 5.75 Å². The Kier molecular flexibility index (Phi) is 4.27. The van der Waals surface area contributed by atoms with E-state index in [0.717, 1.165) is 0 Å². The Hall–Kier alpha value is -2.47. The Morgan fingerprint density at radius 3 is 2.90 bits per heavy atom. The van der Waals surface area contributed by atoms with Crippen molar-refractivity contribution in [3.8, 4) is 5.75 Å². The summed E-state index contributed by atoms with van der Waals surface area (Å²) in [6.45, 7) is 0.239. The number of methoxy groups -OCH3 is 1. The number of hydrogen-bond acceptors (Lipinski definition) is 4. The molecule has 5 nitrogen and oxygen atoms in total. The fraction of sp³-hybridized carbons (Fsp3) is 0.143. The summed E-state index contributed by atoms with van der Waals surface area (Å²) >= 11 is 0. The molecule has 0 atom stereocenters. The van der Waals surface area contributed by atoms with Crippen LogP contribution in [0.15, 0.2) is 36.7 Å². The number of ether oxygens (including phenoxy) is 1. The predicted molar refractivity (Wildman–Crippen MR) is 73.0 cm³/mol. The van der Waals surface area contributed by atoms with Crippen molar-refractivity contribution >= 4 is 11.6 Å². The maximum atomic E-state index is 13.8. The minimum atomic E-state index is -0.533. The van der Waals surface area contributed by atoms with Crippen LogP contribution in [-0.4, -0.2) is 18.0 Å². The maximum Gasteiger partial charge on any atom is 0.259 e. The zero-order valence-corrected chi connectivity index (χ0v) is 10.9.